The smallest absolute Gasteiger partial charge is 0.240 e. The minimum Gasteiger partial charge on any atom is -0.382 e. The van der Waals surface area contributed by atoms with E-state index in [1.54, 1.807) is 13.0 Å². The van der Waals surface area contributed by atoms with Crippen LogP contribution in [0.5, 0.6) is 0 Å². The Morgan fingerprint density at radius 2 is 1.95 bits per heavy atom. The number of nitrogens with one attached hydrogen (secondary N) is 3. The second kappa shape index (κ2) is 5.90. The van der Waals surface area contributed by atoms with Gasteiger partial charge >= 0.3 is 0 Å². The molecule has 2 rings (SSSR count). The van der Waals surface area contributed by atoms with Crippen molar-refractivity contribution in [3.8, 4) is 0 Å². The van der Waals surface area contributed by atoms with Crippen molar-refractivity contribution in [2.75, 3.05) is 25.5 Å². The molecule has 3 N–H and O–H groups in total. The van der Waals surface area contributed by atoms with Crippen LogP contribution in [-0.4, -0.2) is 34.6 Å². The molecule has 19 heavy (non-hydrogen) atoms. The Balaban J connectivity index is 2.21. The maximum atomic E-state index is 11.9. The first-order chi connectivity index (χ1) is 9.03. The van der Waals surface area contributed by atoms with E-state index in [-0.39, 0.29) is 0 Å². The van der Waals surface area contributed by atoms with Crippen LogP contribution in [0.3, 0.4) is 0 Å². The third-order valence-corrected chi connectivity index (χ3v) is 5.01. The van der Waals surface area contributed by atoms with Gasteiger partial charge in [0, 0.05) is 11.7 Å². The minimum atomic E-state index is -3.39. The van der Waals surface area contributed by atoms with E-state index < -0.39 is 10.0 Å². The Hall–Kier alpha value is -1.11. The lowest BCUT2D eigenvalue weighted by molar-refractivity contribution is 0.479. The molecule has 0 bridgehead atoms. The zero-order valence-electron chi connectivity index (χ0n) is 11.4. The van der Waals surface area contributed by atoms with Crippen molar-refractivity contribution in [2.24, 2.45) is 0 Å². The van der Waals surface area contributed by atoms with Crippen LogP contribution in [0, 0.1) is 6.92 Å². The van der Waals surface area contributed by atoms with E-state index in [0.717, 1.165) is 37.2 Å². The zero-order chi connectivity index (χ0) is 13.9. The Morgan fingerprint density at radius 3 is 2.58 bits per heavy atom. The third-order valence-electron chi connectivity index (χ3n) is 3.46. The molecule has 1 aromatic rings. The Bertz CT molecular complexity index is 537. The summed E-state index contributed by atoms with van der Waals surface area (Å²) in [4.78, 5) is 0.342. The van der Waals surface area contributed by atoms with Crippen LogP contribution in [-0.2, 0) is 10.0 Å². The van der Waals surface area contributed by atoms with Crippen LogP contribution in [0.2, 0.25) is 0 Å². The average Bonchev–Trinajstić information content (AvgIpc) is 2.42. The number of sulfonamides is 1. The number of hydrogen-bond acceptors (Lipinski definition) is 4. The van der Waals surface area contributed by atoms with Crippen LogP contribution < -0.4 is 15.4 Å². The number of anilines is 1. The number of piperidine rings is 1. The summed E-state index contributed by atoms with van der Waals surface area (Å²) in [6, 6.07) is 5.90. The predicted molar refractivity (Wildman–Crippen MR) is 76.9 cm³/mol. The lowest BCUT2D eigenvalue weighted by Gasteiger charge is -2.25. The standard InChI is InChI=1S/C13H21N3O2S/c1-10-3-4-12(9-13(10)19(17,18)14-2)16-11-5-7-15-8-6-11/h3-4,9,11,14-16H,5-8H2,1-2H3. The quantitative estimate of drug-likeness (QED) is 0.773. The second-order valence-corrected chi connectivity index (χ2v) is 6.71. The first-order valence-electron chi connectivity index (χ1n) is 6.54. The summed E-state index contributed by atoms with van der Waals surface area (Å²) < 4.78 is 26.2. The van der Waals surface area contributed by atoms with Crippen molar-refractivity contribution in [1.29, 1.82) is 0 Å². The van der Waals surface area contributed by atoms with Crippen LogP contribution in [0.1, 0.15) is 18.4 Å². The average molecular weight is 283 g/mol. The molecule has 1 aliphatic heterocycles. The molecule has 0 radical (unpaired) electrons. The van der Waals surface area contributed by atoms with Crippen LogP contribution in [0.15, 0.2) is 23.1 Å². The maximum Gasteiger partial charge on any atom is 0.240 e. The molecule has 0 saturated carbocycles. The number of hydrogen-bond donors (Lipinski definition) is 3. The fourth-order valence-electron chi connectivity index (χ4n) is 2.29. The van der Waals surface area contributed by atoms with Crippen molar-refractivity contribution in [3.05, 3.63) is 23.8 Å². The van der Waals surface area contributed by atoms with Gasteiger partial charge in [-0.05, 0) is 57.6 Å². The molecule has 1 aliphatic rings. The molecule has 1 heterocycles. The summed E-state index contributed by atoms with van der Waals surface area (Å²) in [7, 11) is -1.96. The van der Waals surface area contributed by atoms with E-state index in [9.17, 15) is 8.42 Å². The lowest BCUT2D eigenvalue weighted by Crippen LogP contribution is -2.35. The highest BCUT2D eigenvalue weighted by Gasteiger charge is 2.17. The van der Waals surface area contributed by atoms with E-state index in [0.29, 0.717) is 10.9 Å². The van der Waals surface area contributed by atoms with Gasteiger partial charge in [0.2, 0.25) is 10.0 Å². The van der Waals surface area contributed by atoms with Gasteiger partial charge in [-0.15, -0.1) is 0 Å². The molecule has 5 nitrogen and oxygen atoms in total. The second-order valence-electron chi connectivity index (χ2n) is 4.86. The fraction of sp³-hybridized carbons (Fsp3) is 0.538. The van der Waals surface area contributed by atoms with Crippen molar-refractivity contribution < 1.29 is 8.42 Å². The van der Waals surface area contributed by atoms with E-state index in [1.807, 2.05) is 12.1 Å². The highest BCUT2D eigenvalue weighted by molar-refractivity contribution is 7.89. The molecular formula is C13H21N3O2S. The molecule has 6 heteroatoms. The van der Waals surface area contributed by atoms with Gasteiger partial charge in [0.25, 0.3) is 0 Å². The molecule has 0 aliphatic carbocycles. The summed E-state index contributed by atoms with van der Waals surface area (Å²) in [5.41, 5.74) is 1.62. The van der Waals surface area contributed by atoms with Gasteiger partial charge < -0.3 is 10.6 Å². The molecular weight excluding hydrogens is 262 g/mol. The predicted octanol–water partition coefficient (Wildman–Crippen LogP) is 1.07. The molecule has 106 valence electrons. The molecule has 0 spiro atoms. The molecule has 0 atom stereocenters. The summed E-state index contributed by atoms with van der Waals surface area (Å²) in [5.74, 6) is 0. The largest absolute Gasteiger partial charge is 0.382 e. The molecule has 0 unspecified atom stereocenters. The Kier molecular flexibility index (Phi) is 4.44. The van der Waals surface area contributed by atoms with Crippen LogP contribution in [0.25, 0.3) is 0 Å². The fourth-order valence-corrected chi connectivity index (χ4v) is 3.29. The summed E-state index contributed by atoms with van der Waals surface area (Å²) >= 11 is 0. The van der Waals surface area contributed by atoms with Gasteiger partial charge in [-0.25, -0.2) is 13.1 Å². The first kappa shape index (κ1) is 14.3. The van der Waals surface area contributed by atoms with Crippen molar-refractivity contribution in [1.82, 2.24) is 10.0 Å². The van der Waals surface area contributed by atoms with Crippen molar-refractivity contribution in [2.45, 2.75) is 30.7 Å². The number of aryl methyl sites for hydroxylation is 1. The third kappa shape index (κ3) is 3.46. The molecule has 1 saturated heterocycles. The molecule has 1 aromatic carbocycles. The normalized spacial score (nSPS) is 17.4. The number of benzene rings is 1. The van der Waals surface area contributed by atoms with Gasteiger partial charge in [-0.2, -0.15) is 0 Å². The summed E-state index contributed by atoms with van der Waals surface area (Å²) in [6.45, 7) is 3.81. The Labute approximate surface area is 114 Å². The van der Waals surface area contributed by atoms with Crippen LogP contribution in [0.4, 0.5) is 5.69 Å². The summed E-state index contributed by atoms with van der Waals surface area (Å²) in [5, 5.41) is 6.72. The molecule has 0 aromatic heterocycles. The van der Waals surface area contributed by atoms with E-state index in [1.165, 1.54) is 7.05 Å². The van der Waals surface area contributed by atoms with E-state index >= 15 is 0 Å². The van der Waals surface area contributed by atoms with Gasteiger partial charge in [0.05, 0.1) is 4.90 Å². The first-order valence-corrected chi connectivity index (χ1v) is 8.03. The van der Waals surface area contributed by atoms with Gasteiger partial charge in [-0.1, -0.05) is 6.07 Å². The van der Waals surface area contributed by atoms with Crippen molar-refractivity contribution >= 4 is 15.7 Å². The highest BCUT2D eigenvalue weighted by atomic mass is 32.2. The van der Waals surface area contributed by atoms with E-state index in [2.05, 4.69) is 15.4 Å². The van der Waals surface area contributed by atoms with Gasteiger partial charge in [0.1, 0.15) is 0 Å². The van der Waals surface area contributed by atoms with Gasteiger partial charge in [0.15, 0.2) is 0 Å². The van der Waals surface area contributed by atoms with Gasteiger partial charge in [-0.3, -0.25) is 0 Å². The molecule has 1 fully saturated rings. The monoisotopic (exact) mass is 283 g/mol. The zero-order valence-corrected chi connectivity index (χ0v) is 12.2. The topological polar surface area (TPSA) is 70.2 Å². The van der Waals surface area contributed by atoms with E-state index in [4.69, 9.17) is 0 Å². The summed E-state index contributed by atoms with van der Waals surface area (Å²) in [6.07, 6.45) is 2.12. The number of rotatable bonds is 4. The van der Waals surface area contributed by atoms with Crippen LogP contribution >= 0.6 is 0 Å². The molecule has 0 amide bonds. The lowest BCUT2D eigenvalue weighted by atomic mass is 10.1. The van der Waals surface area contributed by atoms with Crippen molar-refractivity contribution in [3.63, 3.8) is 0 Å². The SMILES string of the molecule is CNS(=O)(=O)c1cc(NC2CCNCC2)ccc1C. The maximum absolute atomic E-state index is 11.9. The minimum absolute atomic E-state index is 0.342. The Morgan fingerprint density at radius 1 is 1.26 bits per heavy atom. The highest BCUT2D eigenvalue weighted by Crippen LogP contribution is 2.21.